The van der Waals surface area contributed by atoms with Crippen LogP contribution in [0.4, 0.5) is 0 Å². The van der Waals surface area contributed by atoms with Crippen LogP contribution in [0.2, 0.25) is 0 Å². The first-order valence-electron chi connectivity index (χ1n) is 11.6. The molecule has 1 aliphatic rings. The summed E-state index contributed by atoms with van der Waals surface area (Å²) < 4.78 is 5.29. The molecule has 2 aromatic rings. The third kappa shape index (κ3) is 6.42. The fourth-order valence-corrected chi connectivity index (χ4v) is 4.33. The number of nitrogens with zero attached hydrogens (tertiary/aromatic N) is 1. The first-order chi connectivity index (χ1) is 16.0. The molecule has 3 rings (SSSR count). The molecule has 0 saturated carbocycles. The molecule has 1 fully saturated rings. The first kappa shape index (κ1) is 24.5. The van der Waals surface area contributed by atoms with E-state index in [0.717, 1.165) is 24.0 Å². The van der Waals surface area contributed by atoms with Crippen molar-refractivity contribution in [1.29, 1.82) is 0 Å². The zero-order chi connectivity index (χ0) is 23.6. The van der Waals surface area contributed by atoms with Crippen LogP contribution in [0.5, 0.6) is 0 Å². The summed E-state index contributed by atoms with van der Waals surface area (Å²) >= 11 is 0. The van der Waals surface area contributed by atoms with Crippen LogP contribution < -0.4 is 11.1 Å². The average molecular weight is 452 g/mol. The van der Waals surface area contributed by atoms with Gasteiger partial charge in [0.2, 0.25) is 11.8 Å². The van der Waals surface area contributed by atoms with E-state index in [0.29, 0.717) is 26.0 Å². The highest BCUT2D eigenvalue weighted by Crippen LogP contribution is 2.31. The number of amides is 2. The van der Waals surface area contributed by atoms with Crippen LogP contribution in [-0.4, -0.2) is 54.5 Å². The lowest BCUT2D eigenvalue weighted by molar-refractivity contribution is -0.144. The number of nitrogens with one attached hydrogen (secondary N) is 1. The Morgan fingerprint density at radius 1 is 1.06 bits per heavy atom. The summed E-state index contributed by atoms with van der Waals surface area (Å²) in [7, 11) is 0. The smallest absolute Gasteiger partial charge is 0.319 e. The Bertz CT molecular complexity index is 880. The highest BCUT2D eigenvalue weighted by atomic mass is 16.5. The maximum Gasteiger partial charge on any atom is 0.319 e. The van der Waals surface area contributed by atoms with Gasteiger partial charge in [0.15, 0.2) is 0 Å². The van der Waals surface area contributed by atoms with Crippen LogP contribution in [0, 0.1) is 0 Å². The molecular weight excluding hydrogens is 418 g/mol. The van der Waals surface area contributed by atoms with Gasteiger partial charge in [0.25, 0.3) is 0 Å². The normalized spacial score (nSPS) is 16.5. The Labute approximate surface area is 195 Å². The highest BCUT2D eigenvalue weighted by Gasteiger charge is 2.40. The van der Waals surface area contributed by atoms with Gasteiger partial charge in [0.05, 0.1) is 19.2 Å². The number of carbonyl (C=O) groups excluding carboxylic acids is 3. The van der Waals surface area contributed by atoms with Crippen molar-refractivity contribution in [1.82, 2.24) is 10.2 Å². The standard InChI is InChI=1S/C26H33N3O4/c1-2-3-17-33-22(30)18-28-24(26(32)29-16-10-15-21(29)25(27)31)23(19-11-6-4-7-12-19)20-13-8-5-9-14-20/h4-9,11-14,21,23-24,28H,2-3,10,15-18H2,1H3,(H2,27,31)/t21?,24-/m1/s1. The maximum atomic E-state index is 13.8. The largest absolute Gasteiger partial charge is 0.465 e. The molecule has 0 aliphatic carbocycles. The van der Waals surface area contributed by atoms with Crippen LogP contribution in [0.15, 0.2) is 60.7 Å². The van der Waals surface area contributed by atoms with Crippen molar-refractivity contribution in [2.75, 3.05) is 19.7 Å². The molecule has 3 N–H and O–H groups in total. The molecule has 2 amide bonds. The number of nitrogens with two attached hydrogens (primary N) is 1. The van der Waals surface area contributed by atoms with E-state index in [-0.39, 0.29) is 18.4 Å². The Morgan fingerprint density at radius 2 is 1.67 bits per heavy atom. The molecule has 1 saturated heterocycles. The minimum atomic E-state index is -0.770. The van der Waals surface area contributed by atoms with Gasteiger partial charge in [-0.05, 0) is 30.4 Å². The van der Waals surface area contributed by atoms with Crippen molar-refractivity contribution in [2.24, 2.45) is 5.73 Å². The lowest BCUT2D eigenvalue weighted by atomic mass is 9.84. The summed E-state index contributed by atoms with van der Waals surface area (Å²) in [4.78, 5) is 39.7. The van der Waals surface area contributed by atoms with Crippen LogP contribution in [0.3, 0.4) is 0 Å². The predicted octanol–water partition coefficient (Wildman–Crippen LogP) is 2.60. The number of ether oxygens (including phenoxy) is 1. The molecule has 1 heterocycles. The number of carbonyl (C=O) groups is 3. The van der Waals surface area contributed by atoms with Crippen LogP contribution >= 0.6 is 0 Å². The van der Waals surface area contributed by atoms with Gasteiger partial charge in [-0.15, -0.1) is 0 Å². The zero-order valence-corrected chi connectivity index (χ0v) is 19.1. The highest BCUT2D eigenvalue weighted by molar-refractivity contribution is 5.91. The van der Waals surface area contributed by atoms with Crippen molar-refractivity contribution in [3.8, 4) is 0 Å². The number of hydrogen-bond donors (Lipinski definition) is 2. The minimum Gasteiger partial charge on any atom is -0.465 e. The third-order valence-corrected chi connectivity index (χ3v) is 6.01. The lowest BCUT2D eigenvalue weighted by Crippen LogP contribution is -2.54. The lowest BCUT2D eigenvalue weighted by Gasteiger charge is -2.33. The average Bonchev–Trinajstić information content (AvgIpc) is 3.33. The molecule has 0 radical (unpaired) electrons. The molecule has 1 aliphatic heterocycles. The monoisotopic (exact) mass is 451 g/mol. The van der Waals surface area contributed by atoms with Crippen LogP contribution in [0.25, 0.3) is 0 Å². The fraction of sp³-hybridized carbons (Fsp3) is 0.423. The number of benzene rings is 2. The zero-order valence-electron chi connectivity index (χ0n) is 19.1. The van der Waals surface area contributed by atoms with Gasteiger partial charge in [0, 0.05) is 12.5 Å². The first-order valence-corrected chi connectivity index (χ1v) is 11.6. The molecule has 7 nitrogen and oxygen atoms in total. The van der Waals surface area contributed by atoms with E-state index in [1.807, 2.05) is 67.6 Å². The molecule has 2 aromatic carbocycles. The Balaban J connectivity index is 1.93. The van der Waals surface area contributed by atoms with Crippen molar-refractivity contribution < 1.29 is 19.1 Å². The van der Waals surface area contributed by atoms with Gasteiger partial charge in [-0.2, -0.15) is 0 Å². The number of hydrogen-bond acceptors (Lipinski definition) is 5. The predicted molar refractivity (Wildman–Crippen MR) is 126 cm³/mol. The topological polar surface area (TPSA) is 102 Å². The maximum absolute atomic E-state index is 13.8. The van der Waals surface area contributed by atoms with E-state index in [1.165, 1.54) is 0 Å². The Morgan fingerprint density at radius 3 is 2.21 bits per heavy atom. The summed E-state index contributed by atoms with van der Waals surface area (Å²) in [5.74, 6) is -1.52. The number of esters is 1. The molecule has 33 heavy (non-hydrogen) atoms. The summed E-state index contributed by atoms with van der Waals surface area (Å²) in [6.07, 6.45) is 2.98. The molecule has 2 atom stereocenters. The second-order valence-corrected chi connectivity index (χ2v) is 8.32. The van der Waals surface area contributed by atoms with Crippen LogP contribution in [0.1, 0.15) is 49.7 Å². The van der Waals surface area contributed by atoms with E-state index in [1.54, 1.807) is 4.90 Å². The number of unbranched alkanes of at least 4 members (excludes halogenated alkanes) is 1. The second-order valence-electron chi connectivity index (χ2n) is 8.32. The molecule has 0 spiro atoms. The van der Waals surface area contributed by atoms with Crippen LogP contribution in [-0.2, 0) is 19.1 Å². The van der Waals surface area contributed by atoms with Gasteiger partial charge < -0.3 is 15.4 Å². The van der Waals surface area contributed by atoms with Gasteiger partial charge in [-0.25, -0.2) is 0 Å². The SMILES string of the molecule is CCCCOC(=O)CN[C@@H](C(=O)N1CCCC1C(N)=O)C(c1ccccc1)c1ccccc1. The fourth-order valence-electron chi connectivity index (χ4n) is 4.33. The van der Waals surface area contributed by atoms with Crippen molar-refractivity contribution in [3.05, 3.63) is 71.8 Å². The van der Waals surface area contributed by atoms with Crippen molar-refractivity contribution in [2.45, 2.75) is 50.6 Å². The summed E-state index contributed by atoms with van der Waals surface area (Å²) in [5.41, 5.74) is 7.46. The molecule has 1 unspecified atom stereocenters. The second kappa shape index (κ2) is 12.2. The molecule has 0 aromatic heterocycles. The van der Waals surface area contributed by atoms with Gasteiger partial charge in [-0.3, -0.25) is 19.7 Å². The molecular formula is C26H33N3O4. The molecule has 7 heteroatoms. The number of likely N-dealkylation sites (tertiary alicyclic amines) is 1. The van der Waals surface area contributed by atoms with Crippen molar-refractivity contribution in [3.63, 3.8) is 0 Å². The van der Waals surface area contributed by atoms with E-state index in [2.05, 4.69) is 5.32 Å². The van der Waals surface area contributed by atoms with Gasteiger partial charge in [0.1, 0.15) is 6.04 Å². The van der Waals surface area contributed by atoms with Crippen molar-refractivity contribution >= 4 is 17.8 Å². The number of rotatable bonds is 11. The third-order valence-electron chi connectivity index (χ3n) is 6.01. The molecule has 0 bridgehead atoms. The quantitative estimate of drug-likeness (QED) is 0.404. The Hall–Kier alpha value is -3.19. The summed E-state index contributed by atoms with van der Waals surface area (Å²) in [6.45, 7) is 2.73. The van der Waals surface area contributed by atoms with Gasteiger partial charge >= 0.3 is 5.97 Å². The van der Waals surface area contributed by atoms with E-state index >= 15 is 0 Å². The van der Waals surface area contributed by atoms with Gasteiger partial charge in [-0.1, -0.05) is 74.0 Å². The van der Waals surface area contributed by atoms with E-state index in [9.17, 15) is 14.4 Å². The molecule has 176 valence electrons. The Kier molecular flexibility index (Phi) is 9.01. The summed E-state index contributed by atoms with van der Waals surface area (Å²) in [6, 6.07) is 18.0. The minimum absolute atomic E-state index is 0.106. The number of primary amides is 1. The summed E-state index contributed by atoms with van der Waals surface area (Å²) in [5, 5.41) is 3.16. The van der Waals surface area contributed by atoms with E-state index in [4.69, 9.17) is 10.5 Å². The van der Waals surface area contributed by atoms with E-state index < -0.39 is 24.0 Å².